The first-order valence-corrected chi connectivity index (χ1v) is 5.52. The van der Waals surface area contributed by atoms with Crippen molar-refractivity contribution in [3.05, 3.63) is 29.3 Å². The number of carbonyl (C=O) groups excluding carboxylic acids is 1. The second-order valence-corrected chi connectivity index (χ2v) is 4.39. The number of amides is 1. The van der Waals surface area contributed by atoms with Crippen molar-refractivity contribution in [1.29, 1.82) is 0 Å². The highest BCUT2D eigenvalue weighted by Gasteiger charge is 2.21. The SMILES string of the molecule is CCC(C)(O)CNC(=O)c1cc(N)c(F)cc1F. The topological polar surface area (TPSA) is 75.3 Å². The van der Waals surface area contributed by atoms with Crippen LogP contribution in [-0.4, -0.2) is 23.2 Å². The van der Waals surface area contributed by atoms with E-state index in [0.717, 1.165) is 6.07 Å². The molecule has 0 heterocycles. The monoisotopic (exact) mass is 258 g/mol. The van der Waals surface area contributed by atoms with Crippen LogP contribution >= 0.6 is 0 Å². The normalized spacial score (nSPS) is 14.1. The van der Waals surface area contributed by atoms with Crippen LogP contribution in [0.1, 0.15) is 30.6 Å². The van der Waals surface area contributed by atoms with Crippen molar-refractivity contribution < 1.29 is 18.7 Å². The van der Waals surface area contributed by atoms with Gasteiger partial charge in [0.15, 0.2) is 0 Å². The summed E-state index contributed by atoms with van der Waals surface area (Å²) in [5.41, 5.74) is 3.54. The van der Waals surface area contributed by atoms with Gasteiger partial charge >= 0.3 is 0 Å². The third kappa shape index (κ3) is 3.40. The number of nitrogens with one attached hydrogen (secondary N) is 1. The summed E-state index contributed by atoms with van der Waals surface area (Å²) in [7, 11) is 0. The van der Waals surface area contributed by atoms with Crippen LogP contribution in [0.5, 0.6) is 0 Å². The molecule has 0 radical (unpaired) electrons. The fourth-order valence-electron chi connectivity index (χ4n) is 1.23. The van der Waals surface area contributed by atoms with Crippen LogP contribution in [0.3, 0.4) is 0 Å². The lowest BCUT2D eigenvalue weighted by molar-refractivity contribution is 0.0517. The Morgan fingerprint density at radius 2 is 2.06 bits per heavy atom. The fraction of sp³-hybridized carbons (Fsp3) is 0.417. The zero-order chi connectivity index (χ0) is 13.9. The molecule has 0 saturated carbocycles. The van der Waals surface area contributed by atoms with Gasteiger partial charge in [0, 0.05) is 12.6 Å². The summed E-state index contributed by atoms with van der Waals surface area (Å²) in [6.07, 6.45) is 0.432. The summed E-state index contributed by atoms with van der Waals surface area (Å²) < 4.78 is 26.3. The molecule has 0 aliphatic heterocycles. The number of nitrogens with two attached hydrogens (primary N) is 1. The smallest absolute Gasteiger partial charge is 0.254 e. The Bertz CT molecular complexity index is 462. The molecule has 0 spiro atoms. The first-order valence-electron chi connectivity index (χ1n) is 5.52. The van der Waals surface area contributed by atoms with Gasteiger partial charge in [0.2, 0.25) is 0 Å². The largest absolute Gasteiger partial charge is 0.396 e. The van der Waals surface area contributed by atoms with Crippen molar-refractivity contribution in [2.24, 2.45) is 0 Å². The number of anilines is 1. The first-order chi connectivity index (χ1) is 8.26. The van der Waals surface area contributed by atoms with E-state index in [1.165, 1.54) is 0 Å². The summed E-state index contributed by atoms with van der Waals surface area (Å²) >= 11 is 0. The van der Waals surface area contributed by atoms with E-state index in [4.69, 9.17) is 5.73 Å². The Hall–Kier alpha value is -1.69. The van der Waals surface area contributed by atoms with Crippen molar-refractivity contribution in [3.8, 4) is 0 Å². The number of carbonyl (C=O) groups is 1. The number of hydrogen-bond donors (Lipinski definition) is 3. The first kappa shape index (κ1) is 14.4. The van der Waals surface area contributed by atoms with E-state index in [1.807, 2.05) is 0 Å². The fourth-order valence-corrected chi connectivity index (χ4v) is 1.23. The number of rotatable bonds is 4. The van der Waals surface area contributed by atoms with Crippen LogP contribution in [0.4, 0.5) is 14.5 Å². The third-order valence-electron chi connectivity index (χ3n) is 2.72. The van der Waals surface area contributed by atoms with Crippen molar-refractivity contribution in [2.75, 3.05) is 12.3 Å². The molecule has 1 atom stereocenters. The molecule has 0 aromatic heterocycles. The summed E-state index contributed by atoms with van der Waals surface area (Å²) in [6, 6.07) is 1.49. The van der Waals surface area contributed by atoms with Gasteiger partial charge in [0.05, 0.1) is 16.9 Å². The molecule has 0 aliphatic rings. The van der Waals surface area contributed by atoms with Crippen LogP contribution in [-0.2, 0) is 0 Å². The van der Waals surface area contributed by atoms with Crippen LogP contribution in [0.2, 0.25) is 0 Å². The zero-order valence-corrected chi connectivity index (χ0v) is 10.3. The van der Waals surface area contributed by atoms with Crippen LogP contribution in [0.25, 0.3) is 0 Å². The van der Waals surface area contributed by atoms with Gasteiger partial charge in [-0.3, -0.25) is 4.79 Å². The van der Waals surface area contributed by atoms with E-state index in [-0.39, 0.29) is 17.8 Å². The predicted molar refractivity (Wildman–Crippen MR) is 64.0 cm³/mol. The number of nitrogen functional groups attached to an aromatic ring is 1. The van der Waals surface area contributed by atoms with E-state index >= 15 is 0 Å². The standard InChI is InChI=1S/C12H16F2N2O2/c1-3-12(2,18)6-16-11(17)7-4-10(15)9(14)5-8(7)13/h4-5,18H,3,6,15H2,1-2H3,(H,16,17). The molecule has 1 aromatic carbocycles. The molecule has 4 N–H and O–H groups in total. The van der Waals surface area contributed by atoms with Gasteiger partial charge in [0.25, 0.3) is 5.91 Å². The van der Waals surface area contributed by atoms with Crippen LogP contribution < -0.4 is 11.1 Å². The zero-order valence-electron chi connectivity index (χ0n) is 10.3. The highest BCUT2D eigenvalue weighted by atomic mass is 19.1. The molecule has 0 bridgehead atoms. The molecule has 4 nitrogen and oxygen atoms in total. The molecule has 100 valence electrons. The molecular formula is C12H16F2N2O2. The van der Waals surface area contributed by atoms with Gasteiger partial charge in [-0.15, -0.1) is 0 Å². The Labute approximate surface area is 104 Å². The molecule has 1 unspecified atom stereocenters. The number of aliphatic hydroxyl groups is 1. The quantitative estimate of drug-likeness (QED) is 0.715. The summed E-state index contributed by atoms with van der Waals surface area (Å²) in [5.74, 6) is -2.65. The molecule has 0 aliphatic carbocycles. The lowest BCUT2D eigenvalue weighted by Gasteiger charge is -2.21. The average Bonchev–Trinajstić information content (AvgIpc) is 2.31. The minimum atomic E-state index is -1.07. The molecule has 1 rings (SSSR count). The Morgan fingerprint density at radius 1 is 1.44 bits per heavy atom. The number of halogens is 2. The predicted octanol–water partition coefficient (Wildman–Crippen LogP) is 1.44. The third-order valence-corrected chi connectivity index (χ3v) is 2.72. The van der Waals surface area contributed by atoms with Crippen LogP contribution in [0.15, 0.2) is 12.1 Å². The van der Waals surface area contributed by atoms with Gasteiger partial charge < -0.3 is 16.2 Å². The lowest BCUT2D eigenvalue weighted by atomic mass is 10.0. The number of benzene rings is 1. The van der Waals surface area contributed by atoms with Gasteiger partial charge in [-0.1, -0.05) is 6.92 Å². The van der Waals surface area contributed by atoms with Crippen molar-refractivity contribution in [1.82, 2.24) is 5.32 Å². The Kier molecular flexibility index (Phi) is 4.24. The second kappa shape index (κ2) is 5.30. The van der Waals surface area contributed by atoms with E-state index in [9.17, 15) is 18.7 Å². The molecule has 0 saturated heterocycles. The summed E-state index contributed by atoms with van der Waals surface area (Å²) in [4.78, 5) is 11.7. The highest BCUT2D eigenvalue weighted by Crippen LogP contribution is 2.16. The van der Waals surface area contributed by atoms with Gasteiger partial charge in [-0.05, 0) is 19.4 Å². The van der Waals surface area contributed by atoms with E-state index in [1.54, 1.807) is 13.8 Å². The number of hydrogen-bond acceptors (Lipinski definition) is 3. The summed E-state index contributed by atoms with van der Waals surface area (Å²) in [5, 5.41) is 12.1. The van der Waals surface area contributed by atoms with Crippen molar-refractivity contribution in [3.63, 3.8) is 0 Å². The molecule has 1 amide bonds. The molecule has 1 aromatic rings. The van der Waals surface area contributed by atoms with Crippen molar-refractivity contribution in [2.45, 2.75) is 25.9 Å². The lowest BCUT2D eigenvalue weighted by Crippen LogP contribution is -2.40. The van der Waals surface area contributed by atoms with E-state index < -0.39 is 23.1 Å². The summed E-state index contributed by atoms with van der Waals surface area (Å²) in [6.45, 7) is 3.27. The maximum absolute atomic E-state index is 13.4. The molecule has 6 heteroatoms. The van der Waals surface area contributed by atoms with Gasteiger partial charge in [0.1, 0.15) is 11.6 Å². The van der Waals surface area contributed by atoms with Gasteiger partial charge in [-0.2, -0.15) is 0 Å². The second-order valence-electron chi connectivity index (χ2n) is 4.39. The van der Waals surface area contributed by atoms with E-state index in [0.29, 0.717) is 12.5 Å². The molecule has 18 heavy (non-hydrogen) atoms. The van der Waals surface area contributed by atoms with Crippen molar-refractivity contribution >= 4 is 11.6 Å². The Morgan fingerprint density at radius 3 is 2.61 bits per heavy atom. The average molecular weight is 258 g/mol. The highest BCUT2D eigenvalue weighted by molar-refractivity contribution is 5.95. The maximum atomic E-state index is 13.4. The Balaban J connectivity index is 2.82. The maximum Gasteiger partial charge on any atom is 0.254 e. The van der Waals surface area contributed by atoms with Crippen LogP contribution in [0, 0.1) is 11.6 Å². The van der Waals surface area contributed by atoms with Gasteiger partial charge in [-0.25, -0.2) is 8.78 Å². The molecule has 0 fully saturated rings. The minimum absolute atomic E-state index is 0.0287. The van der Waals surface area contributed by atoms with E-state index in [2.05, 4.69) is 5.32 Å². The molecular weight excluding hydrogens is 242 g/mol. The minimum Gasteiger partial charge on any atom is -0.396 e.